The van der Waals surface area contributed by atoms with Crippen LogP contribution in [-0.2, 0) is 16.0 Å². The van der Waals surface area contributed by atoms with Gasteiger partial charge in [0.1, 0.15) is 6.04 Å². The summed E-state index contributed by atoms with van der Waals surface area (Å²) in [6.07, 6.45) is 5.68. The minimum absolute atomic E-state index is 0.0122. The zero-order chi connectivity index (χ0) is 19.4. The molecule has 0 bridgehead atoms. The van der Waals surface area contributed by atoms with Crippen molar-refractivity contribution >= 4 is 47.0 Å². The number of piperazine rings is 1. The van der Waals surface area contributed by atoms with Crippen LogP contribution in [-0.4, -0.2) is 45.7 Å². The van der Waals surface area contributed by atoms with E-state index in [2.05, 4.69) is 27.5 Å². The van der Waals surface area contributed by atoms with Gasteiger partial charge in [0.15, 0.2) is 0 Å². The summed E-state index contributed by atoms with van der Waals surface area (Å²) in [5, 5.41) is 11.7. The molecule has 3 N–H and O–H groups in total. The third kappa shape index (κ3) is 2.37. The Morgan fingerprint density at radius 2 is 2.04 bits per heavy atom. The van der Waals surface area contributed by atoms with Crippen molar-refractivity contribution in [2.75, 3.05) is 6.54 Å². The van der Waals surface area contributed by atoms with E-state index in [0.29, 0.717) is 12.1 Å². The van der Waals surface area contributed by atoms with E-state index in [4.69, 9.17) is 5.41 Å². The highest BCUT2D eigenvalue weighted by molar-refractivity contribution is 7.79. The van der Waals surface area contributed by atoms with Crippen LogP contribution in [0.25, 0.3) is 10.9 Å². The molecule has 3 aliphatic rings. The molecule has 1 aromatic heterocycles. The molecular formula is C20H17N5O2S. The zero-order valence-electron chi connectivity index (χ0n) is 14.8. The van der Waals surface area contributed by atoms with Crippen molar-refractivity contribution in [3.63, 3.8) is 0 Å². The second-order valence-electron chi connectivity index (χ2n) is 7.08. The summed E-state index contributed by atoms with van der Waals surface area (Å²) < 4.78 is 3.88. The average Bonchev–Trinajstić information content (AvgIpc) is 3.08. The Morgan fingerprint density at radius 3 is 2.86 bits per heavy atom. The Kier molecular flexibility index (Phi) is 3.77. The number of aromatic nitrogens is 1. The van der Waals surface area contributed by atoms with Gasteiger partial charge in [-0.2, -0.15) is 0 Å². The van der Waals surface area contributed by atoms with Crippen LogP contribution < -0.4 is 5.32 Å². The molecule has 1 aliphatic carbocycles. The van der Waals surface area contributed by atoms with E-state index in [1.54, 1.807) is 17.1 Å². The first-order valence-corrected chi connectivity index (χ1v) is 9.37. The molecule has 2 amide bonds. The highest BCUT2D eigenvalue weighted by atomic mass is 32.1. The summed E-state index contributed by atoms with van der Waals surface area (Å²) in [7, 11) is 0. The van der Waals surface area contributed by atoms with Crippen molar-refractivity contribution in [2.45, 2.75) is 18.5 Å². The van der Waals surface area contributed by atoms with Gasteiger partial charge in [0.05, 0.1) is 24.0 Å². The topological polar surface area (TPSA) is 101 Å². The molecule has 2 aromatic rings. The van der Waals surface area contributed by atoms with E-state index in [1.807, 2.05) is 30.3 Å². The number of nitrogens with zero attached hydrogens (tertiary/aromatic N) is 2. The number of nitrogens with one attached hydrogen (secondary N) is 3. The van der Waals surface area contributed by atoms with Crippen molar-refractivity contribution in [1.29, 1.82) is 5.41 Å². The number of amides is 2. The maximum absolute atomic E-state index is 12.8. The molecule has 28 heavy (non-hydrogen) atoms. The first-order valence-electron chi connectivity index (χ1n) is 8.97. The summed E-state index contributed by atoms with van der Waals surface area (Å²) in [4.78, 5) is 30.6. The predicted octanol–water partition coefficient (Wildman–Crippen LogP) is 1.89. The van der Waals surface area contributed by atoms with Gasteiger partial charge in [0, 0.05) is 23.0 Å². The van der Waals surface area contributed by atoms with E-state index >= 15 is 0 Å². The minimum atomic E-state index is -0.565. The smallest absolute Gasteiger partial charge is 0.243 e. The number of hydrogen-bond acceptors (Lipinski definition) is 5. The van der Waals surface area contributed by atoms with Crippen molar-refractivity contribution in [3.05, 3.63) is 59.3 Å². The third-order valence-electron chi connectivity index (χ3n) is 5.58. The SMILES string of the molecule is N=C1C=CC([C@H]2c3[nH]c4ccccc4c3C[C@@H]3C(=O)NCC(=O)N32)=C/C1=N/S. The van der Waals surface area contributed by atoms with Crippen LogP contribution in [0.3, 0.4) is 0 Å². The second-order valence-corrected chi connectivity index (χ2v) is 7.28. The summed E-state index contributed by atoms with van der Waals surface area (Å²) >= 11 is 3.96. The lowest BCUT2D eigenvalue weighted by atomic mass is 9.84. The molecule has 0 unspecified atom stereocenters. The van der Waals surface area contributed by atoms with E-state index in [0.717, 1.165) is 27.7 Å². The van der Waals surface area contributed by atoms with Crippen LogP contribution in [0.1, 0.15) is 17.3 Å². The molecular weight excluding hydrogens is 374 g/mol. The van der Waals surface area contributed by atoms with Crippen LogP contribution in [0.4, 0.5) is 0 Å². The number of H-pyrrole nitrogens is 1. The van der Waals surface area contributed by atoms with Gasteiger partial charge in [-0.15, -0.1) is 0 Å². The first kappa shape index (κ1) is 17.0. The number of hydrogen-bond donors (Lipinski definition) is 4. The highest BCUT2D eigenvalue weighted by Crippen LogP contribution is 2.42. The van der Waals surface area contributed by atoms with Crippen molar-refractivity contribution < 1.29 is 9.59 Å². The highest BCUT2D eigenvalue weighted by Gasteiger charge is 2.46. The zero-order valence-corrected chi connectivity index (χ0v) is 15.7. The molecule has 140 valence electrons. The number of rotatable bonds is 1. The molecule has 8 heteroatoms. The van der Waals surface area contributed by atoms with Gasteiger partial charge in [-0.1, -0.05) is 24.3 Å². The number of para-hydroxylation sites is 1. The van der Waals surface area contributed by atoms with Crippen LogP contribution in [0.15, 0.2) is 52.5 Å². The summed E-state index contributed by atoms with van der Waals surface area (Å²) in [6, 6.07) is 6.93. The van der Waals surface area contributed by atoms with Gasteiger partial charge in [0.25, 0.3) is 0 Å². The second kappa shape index (κ2) is 6.20. The lowest BCUT2D eigenvalue weighted by molar-refractivity contribution is -0.148. The van der Waals surface area contributed by atoms with Crippen LogP contribution in [0, 0.1) is 5.41 Å². The Bertz CT molecular complexity index is 1140. The predicted molar refractivity (Wildman–Crippen MR) is 110 cm³/mol. The number of carbonyl (C=O) groups excluding carboxylic acids is 2. The minimum Gasteiger partial charge on any atom is -0.356 e. The molecule has 3 heterocycles. The Labute approximate surface area is 166 Å². The largest absolute Gasteiger partial charge is 0.356 e. The molecule has 1 saturated heterocycles. The molecule has 1 fully saturated rings. The number of carbonyl (C=O) groups is 2. The number of benzene rings is 1. The van der Waals surface area contributed by atoms with Crippen LogP contribution >= 0.6 is 12.8 Å². The maximum atomic E-state index is 12.8. The molecule has 0 radical (unpaired) electrons. The third-order valence-corrected chi connectivity index (χ3v) is 5.80. The molecule has 2 atom stereocenters. The van der Waals surface area contributed by atoms with Gasteiger partial charge < -0.3 is 15.2 Å². The van der Waals surface area contributed by atoms with Crippen LogP contribution in [0.2, 0.25) is 0 Å². The van der Waals surface area contributed by atoms with E-state index in [9.17, 15) is 9.59 Å². The van der Waals surface area contributed by atoms with Gasteiger partial charge in [-0.25, -0.2) is 4.40 Å². The van der Waals surface area contributed by atoms with E-state index in [1.165, 1.54) is 0 Å². The quantitative estimate of drug-likeness (QED) is 0.441. The van der Waals surface area contributed by atoms with Gasteiger partial charge >= 0.3 is 0 Å². The molecule has 0 spiro atoms. The lowest BCUT2D eigenvalue weighted by Crippen LogP contribution is -2.61. The van der Waals surface area contributed by atoms with Crippen molar-refractivity contribution in [2.24, 2.45) is 4.40 Å². The lowest BCUT2D eigenvalue weighted by Gasteiger charge is -2.44. The Hall–Kier alpha value is -3.13. The monoisotopic (exact) mass is 391 g/mol. The van der Waals surface area contributed by atoms with Gasteiger partial charge in [0.2, 0.25) is 11.8 Å². The van der Waals surface area contributed by atoms with E-state index in [-0.39, 0.29) is 24.1 Å². The molecule has 2 aliphatic heterocycles. The maximum Gasteiger partial charge on any atom is 0.243 e. The summed E-state index contributed by atoms with van der Waals surface area (Å²) in [6.45, 7) is -0.0122. The Balaban J connectivity index is 1.75. The van der Waals surface area contributed by atoms with Crippen LogP contribution in [0.5, 0.6) is 0 Å². The molecule has 0 saturated carbocycles. The Morgan fingerprint density at radius 1 is 1.21 bits per heavy atom. The number of allylic oxidation sites excluding steroid dienone is 2. The fraction of sp³-hybridized carbons (Fsp3) is 0.200. The molecule has 1 aromatic carbocycles. The fourth-order valence-electron chi connectivity index (χ4n) is 4.32. The molecule has 5 rings (SSSR count). The standard InChI is InChI=1S/C20H17N5O2S/c21-13-6-5-10(7-15(13)24-28)19-18-12(11-3-1-2-4-14(11)23-18)8-16-20(27)22-9-17(26)25(16)19/h1-7,16,19,21,23,28H,8-9H2,(H,22,27)/b21-13?,24-15-/t16-,19+/m1/s1. The van der Waals surface area contributed by atoms with E-state index < -0.39 is 12.1 Å². The molecule has 7 nitrogen and oxygen atoms in total. The number of thiol groups is 1. The normalized spacial score (nSPS) is 25.6. The fourth-order valence-corrected chi connectivity index (χ4v) is 4.49. The summed E-state index contributed by atoms with van der Waals surface area (Å²) in [5.74, 6) is -0.269. The summed E-state index contributed by atoms with van der Waals surface area (Å²) in [5.41, 5.74) is 4.40. The number of aromatic amines is 1. The van der Waals surface area contributed by atoms with Gasteiger partial charge in [-0.05, 0) is 42.2 Å². The van der Waals surface area contributed by atoms with Crippen molar-refractivity contribution in [3.8, 4) is 0 Å². The average molecular weight is 391 g/mol. The van der Waals surface area contributed by atoms with Crippen molar-refractivity contribution in [1.82, 2.24) is 15.2 Å². The van der Waals surface area contributed by atoms with Gasteiger partial charge in [-0.3, -0.25) is 15.0 Å². The number of fused-ring (bicyclic) bond motifs is 4. The first-order chi connectivity index (χ1) is 13.6.